The van der Waals surface area contributed by atoms with E-state index in [-0.39, 0.29) is 5.75 Å². The average molecular weight is 312 g/mol. The van der Waals surface area contributed by atoms with Crippen LogP contribution < -0.4 is 0 Å². The van der Waals surface area contributed by atoms with Crippen LogP contribution in [0, 0.1) is 5.92 Å². The SMILES string of the molecule is CC(C)c1cnc(SCC(=O)O)n1C(C)C1CCOCC1. The highest BCUT2D eigenvalue weighted by atomic mass is 32.2. The molecule has 1 atom stereocenters. The Balaban J connectivity index is 2.24. The van der Waals surface area contributed by atoms with Gasteiger partial charge >= 0.3 is 5.97 Å². The van der Waals surface area contributed by atoms with Gasteiger partial charge in [-0.25, -0.2) is 4.98 Å². The molecule has 1 unspecified atom stereocenters. The van der Waals surface area contributed by atoms with Gasteiger partial charge in [0.05, 0.1) is 5.75 Å². The van der Waals surface area contributed by atoms with Gasteiger partial charge in [-0.2, -0.15) is 0 Å². The van der Waals surface area contributed by atoms with Crippen molar-refractivity contribution in [3.8, 4) is 0 Å². The number of aliphatic carboxylic acids is 1. The smallest absolute Gasteiger partial charge is 0.313 e. The summed E-state index contributed by atoms with van der Waals surface area (Å²) in [5.41, 5.74) is 1.18. The zero-order valence-corrected chi connectivity index (χ0v) is 13.7. The first-order valence-electron chi connectivity index (χ1n) is 7.50. The van der Waals surface area contributed by atoms with Crippen molar-refractivity contribution in [2.24, 2.45) is 5.92 Å². The molecule has 118 valence electrons. The lowest BCUT2D eigenvalue weighted by atomic mass is 9.92. The average Bonchev–Trinajstić information content (AvgIpc) is 2.89. The highest BCUT2D eigenvalue weighted by Gasteiger charge is 2.26. The lowest BCUT2D eigenvalue weighted by Gasteiger charge is -2.31. The summed E-state index contributed by atoms with van der Waals surface area (Å²) in [5.74, 6) is 0.183. The predicted molar refractivity (Wildman–Crippen MR) is 82.9 cm³/mol. The van der Waals surface area contributed by atoms with Crippen LogP contribution in [0.5, 0.6) is 0 Å². The van der Waals surface area contributed by atoms with Crippen molar-refractivity contribution in [1.29, 1.82) is 0 Å². The van der Waals surface area contributed by atoms with E-state index in [1.54, 1.807) is 0 Å². The highest BCUT2D eigenvalue weighted by molar-refractivity contribution is 7.99. The number of nitrogens with zero attached hydrogens (tertiary/aromatic N) is 2. The van der Waals surface area contributed by atoms with Gasteiger partial charge in [-0.05, 0) is 31.6 Å². The standard InChI is InChI=1S/C15H24N2O3S/c1-10(2)13-8-16-15(21-9-14(18)19)17(13)11(3)12-4-6-20-7-5-12/h8,10-12H,4-7,9H2,1-3H3,(H,18,19). The summed E-state index contributed by atoms with van der Waals surface area (Å²) in [6, 6.07) is 0.324. The summed E-state index contributed by atoms with van der Waals surface area (Å²) < 4.78 is 7.69. The molecule has 2 rings (SSSR count). The maximum absolute atomic E-state index is 10.8. The van der Waals surface area contributed by atoms with Crippen LogP contribution in [-0.2, 0) is 9.53 Å². The third-order valence-electron chi connectivity index (χ3n) is 4.06. The number of hydrogen-bond donors (Lipinski definition) is 1. The molecule has 1 aromatic rings. The van der Waals surface area contributed by atoms with Gasteiger partial charge in [0, 0.05) is 31.1 Å². The number of imidazole rings is 1. The molecule has 0 aromatic carbocycles. The van der Waals surface area contributed by atoms with Crippen LogP contribution in [0.2, 0.25) is 0 Å². The van der Waals surface area contributed by atoms with Crippen LogP contribution in [0.3, 0.4) is 0 Å². The normalized spacial score (nSPS) is 18.1. The molecule has 1 aromatic heterocycles. The quantitative estimate of drug-likeness (QED) is 0.817. The monoisotopic (exact) mass is 312 g/mol. The topological polar surface area (TPSA) is 64.3 Å². The third-order valence-corrected chi connectivity index (χ3v) is 5.01. The fourth-order valence-electron chi connectivity index (χ4n) is 2.83. The summed E-state index contributed by atoms with van der Waals surface area (Å²) in [6.07, 6.45) is 4.00. The van der Waals surface area contributed by atoms with E-state index >= 15 is 0 Å². The summed E-state index contributed by atoms with van der Waals surface area (Å²) >= 11 is 1.31. The molecule has 0 amide bonds. The summed E-state index contributed by atoms with van der Waals surface area (Å²) in [4.78, 5) is 15.3. The Labute approximate surface area is 130 Å². The summed E-state index contributed by atoms with van der Waals surface area (Å²) in [6.45, 7) is 8.15. The largest absolute Gasteiger partial charge is 0.481 e. The maximum Gasteiger partial charge on any atom is 0.313 e. The molecule has 1 aliphatic heterocycles. The number of carboxylic acids is 1. The Hall–Kier alpha value is -1.01. The second kappa shape index (κ2) is 7.31. The molecule has 0 radical (unpaired) electrons. The first-order chi connectivity index (χ1) is 10.0. The van der Waals surface area contributed by atoms with Gasteiger partial charge in [0.2, 0.25) is 0 Å². The first-order valence-corrected chi connectivity index (χ1v) is 8.48. The minimum Gasteiger partial charge on any atom is -0.481 e. The molecule has 5 nitrogen and oxygen atoms in total. The van der Waals surface area contributed by atoms with Gasteiger partial charge in [0.1, 0.15) is 0 Å². The third kappa shape index (κ3) is 4.01. The van der Waals surface area contributed by atoms with Gasteiger partial charge in [0.15, 0.2) is 5.16 Å². The molecule has 2 heterocycles. The van der Waals surface area contributed by atoms with Crippen LogP contribution in [0.1, 0.15) is 51.3 Å². The fourth-order valence-corrected chi connectivity index (χ4v) is 3.63. The molecule has 1 saturated heterocycles. The molecule has 0 saturated carbocycles. The lowest BCUT2D eigenvalue weighted by Crippen LogP contribution is -2.26. The Bertz CT molecular complexity index is 481. The Morgan fingerprint density at radius 1 is 1.48 bits per heavy atom. The zero-order valence-electron chi connectivity index (χ0n) is 12.9. The number of carbonyl (C=O) groups is 1. The molecule has 1 aliphatic rings. The minimum atomic E-state index is -0.806. The van der Waals surface area contributed by atoms with E-state index in [1.165, 1.54) is 17.5 Å². The molecule has 0 bridgehead atoms. The van der Waals surface area contributed by atoms with E-state index in [0.29, 0.717) is 17.9 Å². The number of carboxylic acid groups (broad SMARTS) is 1. The molecule has 0 spiro atoms. The molecular formula is C15H24N2O3S. The van der Waals surface area contributed by atoms with E-state index in [2.05, 4.69) is 30.3 Å². The maximum atomic E-state index is 10.8. The van der Waals surface area contributed by atoms with Crippen LogP contribution in [0.25, 0.3) is 0 Å². The van der Waals surface area contributed by atoms with Gasteiger partial charge in [-0.1, -0.05) is 25.6 Å². The Kier molecular flexibility index (Phi) is 5.70. The number of hydrogen-bond acceptors (Lipinski definition) is 4. The van der Waals surface area contributed by atoms with Crippen molar-refractivity contribution < 1.29 is 14.6 Å². The van der Waals surface area contributed by atoms with Crippen molar-refractivity contribution >= 4 is 17.7 Å². The summed E-state index contributed by atoms with van der Waals surface area (Å²) in [5, 5.41) is 9.71. The molecule has 1 N–H and O–H groups in total. The first kappa shape index (κ1) is 16.4. The van der Waals surface area contributed by atoms with Gasteiger partial charge < -0.3 is 14.4 Å². The van der Waals surface area contributed by atoms with Crippen molar-refractivity contribution in [1.82, 2.24) is 9.55 Å². The second-order valence-corrected chi connectivity index (χ2v) is 6.81. The Morgan fingerprint density at radius 2 is 2.14 bits per heavy atom. The molecule has 1 fully saturated rings. The van der Waals surface area contributed by atoms with E-state index in [4.69, 9.17) is 9.84 Å². The van der Waals surface area contributed by atoms with Gasteiger partial charge in [-0.15, -0.1) is 0 Å². The number of ether oxygens (including phenoxy) is 1. The van der Waals surface area contributed by atoms with Crippen molar-refractivity contribution in [3.63, 3.8) is 0 Å². The highest BCUT2D eigenvalue weighted by Crippen LogP contribution is 2.34. The van der Waals surface area contributed by atoms with E-state index in [1.807, 2.05) is 6.20 Å². The molecule has 0 aliphatic carbocycles. The van der Waals surface area contributed by atoms with E-state index in [9.17, 15) is 4.79 Å². The van der Waals surface area contributed by atoms with Crippen LogP contribution in [0.15, 0.2) is 11.4 Å². The summed E-state index contributed by atoms with van der Waals surface area (Å²) in [7, 11) is 0. The van der Waals surface area contributed by atoms with E-state index in [0.717, 1.165) is 31.2 Å². The van der Waals surface area contributed by atoms with Crippen molar-refractivity contribution in [3.05, 3.63) is 11.9 Å². The van der Waals surface area contributed by atoms with Crippen LogP contribution in [0.4, 0.5) is 0 Å². The number of aromatic nitrogens is 2. The van der Waals surface area contributed by atoms with E-state index < -0.39 is 5.97 Å². The number of rotatable bonds is 6. The van der Waals surface area contributed by atoms with Crippen LogP contribution in [-0.4, -0.2) is 39.6 Å². The van der Waals surface area contributed by atoms with Crippen molar-refractivity contribution in [2.75, 3.05) is 19.0 Å². The predicted octanol–water partition coefficient (Wildman–Crippen LogP) is 3.17. The molecule has 6 heteroatoms. The fraction of sp³-hybridized carbons (Fsp3) is 0.733. The van der Waals surface area contributed by atoms with Crippen molar-refractivity contribution in [2.45, 2.75) is 50.7 Å². The molecular weight excluding hydrogens is 288 g/mol. The molecule has 21 heavy (non-hydrogen) atoms. The lowest BCUT2D eigenvalue weighted by molar-refractivity contribution is -0.133. The van der Waals surface area contributed by atoms with Gasteiger partial charge in [-0.3, -0.25) is 4.79 Å². The number of thioether (sulfide) groups is 1. The van der Waals surface area contributed by atoms with Crippen LogP contribution >= 0.6 is 11.8 Å². The van der Waals surface area contributed by atoms with Gasteiger partial charge in [0.25, 0.3) is 0 Å². The minimum absolute atomic E-state index is 0.0506. The second-order valence-electron chi connectivity index (χ2n) is 5.86. The zero-order chi connectivity index (χ0) is 15.4. The Morgan fingerprint density at radius 3 is 2.71 bits per heavy atom.